The normalized spacial score (nSPS) is 28.6. The van der Waals surface area contributed by atoms with Gasteiger partial charge in [-0.2, -0.15) is 0 Å². The Kier molecular flexibility index (Phi) is 8.51. The van der Waals surface area contributed by atoms with Crippen molar-refractivity contribution in [3.8, 4) is 0 Å². The van der Waals surface area contributed by atoms with Crippen molar-refractivity contribution >= 4 is 34.1 Å². The van der Waals surface area contributed by atoms with Crippen LogP contribution in [0.15, 0.2) is 12.2 Å². The fourth-order valence-corrected chi connectivity index (χ4v) is 3.51. The Morgan fingerprint density at radius 2 is 1.12 bits per heavy atom. The molecule has 8 heteroatoms. The summed E-state index contributed by atoms with van der Waals surface area (Å²) in [6, 6.07) is 0. The summed E-state index contributed by atoms with van der Waals surface area (Å²) in [6.07, 6.45) is -0.150. The molecule has 1 rings (SSSR count). The first kappa shape index (κ1) is 23.3. The molecule has 0 aromatic carbocycles. The summed E-state index contributed by atoms with van der Waals surface area (Å²) >= 11 is 2.11. The summed E-state index contributed by atoms with van der Waals surface area (Å²) in [6.45, 7) is 11.4. The lowest BCUT2D eigenvalue weighted by Crippen LogP contribution is -2.36. The van der Waals surface area contributed by atoms with Crippen molar-refractivity contribution in [1.29, 1.82) is 0 Å². The molecule has 0 fully saturated rings. The van der Waals surface area contributed by atoms with Crippen molar-refractivity contribution in [3.05, 3.63) is 12.2 Å². The first-order valence-corrected chi connectivity index (χ1v) is 10.2. The molecule has 150 valence electrons. The highest BCUT2D eigenvalue weighted by atomic mass is 32.2. The van der Waals surface area contributed by atoms with E-state index in [1.165, 1.54) is 0 Å². The van der Waals surface area contributed by atoms with Crippen LogP contribution in [0.3, 0.4) is 0 Å². The van der Waals surface area contributed by atoms with Gasteiger partial charge in [-0.1, -0.05) is 41.5 Å². The number of carbonyl (C=O) groups excluding carboxylic acids is 2. The van der Waals surface area contributed by atoms with Crippen LogP contribution in [0.4, 0.5) is 9.59 Å². The average Bonchev–Trinajstić information content (AvgIpc) is 2.38. The predicted octanol–water partition coefficient (Wildman–Crippen LogP) is 4.13. The van der Waals surface area contributed by atoms with Crippen molar-refractivity contribution in [1.82, 2.24) is 0 Å². The Bertz CT molecular complexity index is 475. The van der Waals surface area contributed by atoms with Crippen LogP contribution in [-0.4, -0.2) is 54.7 Å². The van der Waals surface area contributed by atoms with Crippen molar-refractivity contribution in [2.75, 3.05) is 0 Å². The van der Waals surface area contributed by atoms with Gasteiger partial charge in [0.25, 0.3) is 0 Å². The molecule has 0 aromatic heterocycles. The molecule has 26 heavy (non-hydrogen) atoms. The minimum absolute atomic E-state index is 0.0888. The number of carbonyl (C=O) groups is 2. The lowest BCUT2D eigenvalue weighted by molar-refractivity contribution is -0.0271. The van der Waals surface area contributed by atoms with Gasteiger partial charge in [0.1, 0.15) is 12.2 Å². The fraction of sp³-hybridized carbons (Fsp3) is 0.778. The summed E-state index contributed by atoms with van der Waals surface area (Å²) in [7, 11) is 0. The molecule has 2 N–H and O–H groups in total. The van der Waals surface area contributed by atoms with Gasteiger partial charge in [-0.05, 0) is 35.7 Å². The molecule has 0 amide bonds. The molecule has 4 unspecified atom stereocenters. The van der Waals surface area contributed by atoms with Crippen LogP contribution in [0.2, 0.25) is 0 Å². The highest BCUT2D eigenvalue weighted by Gasteiger charge is 2.30. The topological polar surface area (TPSA) is 93.1 Å². The zero-order chi connectivity index (χ0) is 20.1. The largest absolute Gasteiger partial charge is 0.450 e. The second kappa shape index (κ2) is 9.48. The molecule has 1 aliphatic rings. The summed E-state index contributed by atoms with van der Waals surface area (Å²) in [5.74, 6) is 0. The number of ether oxygens (including phenoxy) is 2. The van der Waals surface area contributed by atoms with Crippen molar-refractivity contribution in [3.63, 3.8) is 0 Å². The van der Waals surface area contributed by atoms with Gasteiger partial charge in [-0.25, -0.2) is 9.59 Å². The molecule has 1 aliphatic carbocycles. The number of hydrogen-bond acceptors (Lipinski definition) is 8. The Morgan fingerprint density at radius 3 is 1.38 bits per heavy atom. The van der Waals surface area contributed by atoms with Gasteiger partial charge in [-0.15, -0.1) is 0 Å². The van der Waals surface area contributed by atoms with Crippen LogP contribution >= 0.6 is 23.5 Å². The molecule has 0 saturated heterocycles. The lowest BCUT2D eigenvalue weighted by Gasteiger charge is -2.28. The van der Waals surface area contributed by atoms with E-state index in [0.29, 0.717) is 0 Å². The average molecular weight is 407 g/mol. The summed E-state index contributed by atoms with van der Waals surface area (Å²) in [5.41, 5.74) is 0. The maximum absolute atomic E-state index is 12.0. The molecule has 0 heterocycles. The third-order valence-electron chi connectivity index (χ3n) is 3.21. The van der Waals surface area contributed by atoms with Crippen molar-refractivity contribution in [2.24, 2.45) is 0 Å². The van der Waals surface area contributed by atoms with E-state index in [-0.39, 0.29) is 22.3 Å². The Balaban J connectivity index is 2.77. The highest BCUT2D eigenvalue weighted by Crippen LogP contribution is 2.29. The minimum Gasteiger partial charge on any atom is -0.450 e. The zero-order valence-electron chi connectivity index (χ0n) is 16.2. The summed E-state index contributed by atoms with van der Waals surface area (Å²) in [4.78, 5) is 24.0. The maximum atomic E-state index is 12.0. The van der Waals surface area contributed by atoms with E-state index in [1.54, 1.807) is 12.2 Å². The molecular formula is C18H30O6S2. The monoisotopic (exact) mass is 406 g/mol. The van der Waals surface area contributed by atoms with Gasteiger partial charge in [0.2, 0.25) is 0 Å². The number of thioether (sulfide) groups is 2. The van der Waals surface area contributed by atoms with Gasteiger partial charge in [-0.3, -0.25) is 0 Å². The van der Waals surface area contributed by atoms with Crippen LogP contribution in [0.25, 0.3) is 0 Å². The number of aliphatic hydroxyl groups is 2. The van der Waals surface area contributed by atoms with E-state index in [4.69, 9.17) is 9.47 Å². The standard InChI is InChI=1S/C18H30O6S2/c1-17(2,3)25-15(21)23-11-7-8-12(10-14(20)13(19)9-11)24-16(22)26-18(4,5)6/h7-8,11-14,19-20H,9-10H2,1-6H3/b8-7+. The van der Waals surface area contributed by atoms with E-state index in [1.807, 2.05) is 41.5 Å². The van der Waals surface area contributed by atoms with E-state index in [2.05, 4.69) is 0 Å². The first-order valence-electron chi connectivity index (χ1n) is 8.59. The Hall–Kier alpha value is -0.700. The van der Waals surface area contributed by atoms with Gasteiger partial charge < -0.3 is 19.7 Å². The van der Waals surface area contributed by atoms with Gasteiger partial charge >= 0.3 is 10.6 Å². The van der Waals surface area contributed by atoms with Crippen LogP contribution in [0.1, 0.15) is 54.4 Å². The maximum Gasteiger partial charge on any atom is 0.368 e. The van der Waals surface area contributed by atoms with Crippen LogP contribution in [-0.2, 0) is 9.47 Å². The molecular weight excluding hydrogens is 376 g/mol. The molecule has 6 nitrogen and oxygen atoms in total. The number of rotatable bonds is 2. The number of aliphatic hydroxyl groups excluding tert-OH is 2. The quantitative estimate of drug-likeness (QED) is 0.522. The van der Waals surface area contributed by atoms with Gasteiger partial charge in [0, 0.05) is 22.3 Å². The highest BCUT2D eigenvalue weighted by molar-refractivity contribution is 8.14. The summed E-state index contributed by atoms with van der Waals surface area (Å²) < 4.78 is 10.2. The minimum atomic E-state index is -1.08. The van der Waals surface area contributed by atoms with Crippen LogP contribution in [0.5, 0.6) is 0 Å². The molecule has 0 spiro atoms. The van der Waals surface area contributed by atoms with Gasteiger partial charge in [0.15, 0.2) is 0 Å². The van der Waals surface area contributed by atoms with E-state index >= 15 is 0 Å². The van der Waals surface area contributed by atoms with Crippen molar-refractivity contribution < 1.29 is 29.3 Å². The predicted molar refractivity (Wildman–Crippen MR) is 106 cm³/mol. The van der Waals surface area contributed by atoms with Crippen LogP contribution < -0.4 is 0 Å². The molecule has 4 atom stereocenters. The second-order valence-electron chi connectivity index (χ2n) is 8.23. The molecule has 0 saturated carbocycles. The molecule has 0 radical (unpaired) electrons. The molecule has 0 bridgehead atoms. The van der Waals surface area contributed by atoms with E-state index < -0.39 is 35.0 Å². The van der Waals surface area contributed by atoms with E-state index in [0.717, 1.165) is 23.5 Å². The second-order valence-corrected chi connectivity index (χ2v) is 11.8. The zero-order valence-corrected chi connectivity index (χ0v) is 17.9. The summed E-state index contributed by atoms with van der Waals surface area (Å²) in [5, 5.41) is 19.3. The van der Waals surface area contributed by atoms with Gasteiger partial charge in [0.05, 0.1) is 12.2 Å². The Labute approximate surface area is 164 Å². The molecule has 0 aliphatic heterocycles. The SMILES string of the molecule is CC(C)(C)SC(=O)OC1/C=C/C(OC(=O)SC(C)(C)C)CC(O)C(O)C1. The first-order chi connectivity index (χ1) is 11.7. The van der Waals surface area contributed by atoms with E-state index in [9.17, 15) is 19.8 Å². The Morgan fingerprint density at radius 1 is 0.808 bits per heavy atom. The lowest BCUT2D eigenvalue weighted by atomic mass is 9.97. The molecule has 0 aromatic rings. The van der Waals surface area contributed by atoms with Crippen molar-refractivity contribution in [2.45, 2.75) is 88.3 Å². The fourth-order valence-electron chi connectivity index (χ4n) is 2.17. The third kappa shape index (κ3) is 9.85. The third-order valence-corrected chi connectivity index (χ3v) is 4.96. The number of hydrogen-bond donors (Lipinski definition) is 2. The van der Waals surface area contributed by atoms with Crippen LogP contribution in [0, 0.1) is 0 Å². The smallest absolute Gasteiger partial charge is 0.368 e.